The molecular weight excluding hydrogens is 398 g/mol. The highest BCUT2D eigenvalue weighted by atomic mass is 16.5. The first-order chi connectivity index (χ1) is 15.7. The van der Waals surface area contributed by atoms with Gasteiger partial charge in [0.1, 0.15) is 18.2 Å². The molecule has 5 heteroatoms. The van der Waals surface area contributed by atoms with Crippen LogP contribution in [-0.4, -0.2) is 33.5 Å². The number of benzene rings is 3. The third kappa shape index (κ3) is 4.24. The standard InChI is InChI=1S/C27H27N3O2/c1-20-8-7-11-23(16-20)32-15-14-30-25-13-6-5-12-24(25)28-27(30)22-17-26(31)29(19-22)18-21-9-3-2-4-10-21/h2-13,16,22H,14-15,17-19H2,1H3/t22-/m1/s1. The van der Waals surface area contributed by atoms with Crippen LogP contribution in [0.4, 0.5) is 0 Å². The Morgan fingerprint density at radius 2 is 1.81 bits per heavy atom. The lowest BCUT2D eigenvalue weighted by Crippen LogP contribution is -2.24. The number of para-hydroxylation sites is 2. The van der Waals surface area contributed by atoms with Crippen LogP contribution < -0.4 is 4.74 Å². The van der Waals surface area contributed by atoms with Gasteiger partial charge in [0.15, 0.2) is 0 Å². The maximum absolute atomic E-state index is 12.8. The van der Waals surface area contributed by atoms with Gasteiger partial charge in [-0.15, -0.1) is 0 Å². The molecule has 162 valence electrons. The van der Waals surface area contributed by atoms with Crippen molar-refractivity contribution >= 4 is 16.9 Å². The number of rotatable bonds is 7. The average Bonchev–Trinajstić information content (AvgIpc) is 3.35. The molecule has 1 atom stereocenters. The Morgan fingerprint density at radius 1 is 1.00 bits per heavy atom. The van der Waals surface area contributed by atoms with E-state index in [0.29, 0.717) is 32.7 Å². The molecule has 1 fully saturated rings. The van der Waals surface area contributed by atoms with Crippen molar-refractivity contribution < 1.29 is 9.53 Å². The van der Waals surface area contributed by atoms with Crippen molar-refractivity contribution in [3.8, 4) is 5.75 Å². The number of nitrogens with zero attached hydrogens (tertiary/aromatic N) is 3. The number of imidazole rings is 1. The molecule has 0 N–H and O–H groups in total. The zero-order valence-corrected chi connectivity index (χ0v) is 18.3. The lowest BCUT2D eigenvalue weighted by molar-refractivity contribution is -0.128. The van der Waals surface area contributed by atoms with E-state index >= 15 is 0 Å². The van der Waals surface area contributed by atoms with Crippen molar-refractivity contribution in [2.45, 2.75) is 32.4 Å². The zero-order chi connectivity index (χ0) is 21.9. The lowest BCUT2D eigenvalue weighted by atomic mass is 10.1. The van der Waals surface area contributed by atoms with Crippen molar-refractivity contribution in [2.75, 3.05) is 13.2 Å². The number of aromatic nitrogens is 2. The minimum absolute atomic E-state index is 0.0811. The molecule has 32 heavy (non-hydrogen) atoms. The second kappa shape index (κ2) is 8.87. The van der Waals surface area contributed by atoms with Gasteiger partial charge < -0.3 is 14.2 Å². The van der Waals surface area contributed by atoms with Crippen LogP contribution >= 0.6 is 0 Å². The predicted octanol–water partition coefficient (Wildman–Crippen LogP) is 4.94. The highest BCUT2D eigenvalue weighted by Crippen LogP contribution is 2.31. The largest absolute Gasteiger partial charge is 0.492 e. The molecule has 0 bridgehead atoms. The Kier molecular flexibility index (Phi) is 5.63. The molecule has 0 aliphatic carbocycles. The Bertz CT molecular complexity index is 1230. The summed E-state index contributed by atoms with van der Waals surface area (Å²) in [4.78, 5) is 19.7. The maximum Gasteiger partial charge on any atom is 0.223 e. The van der Waals surface area contributed by atoms with Gasteiger partial charge in [-0.3, -0.25) is 4.79 Å². The van der Waals surface area contributed by atoms with Gasteiger partial charge in [-0.1, -0.05) is 54.6 Å². The fraction of sp³-hybridized carbons (Fsp3) is 0.259. The molecule has 5 rings (SSSR count). The van der Waals surface area contributed by atoms with Gasteiger partial charge in [-0.25, -0.2) is 4.98 Å². The molecule has 1 aromatic heterocycles. The van der Waals surface area contributed by atoms with Gasteiger partial charge in [-0.05, 0) is 42.3 Å². The molecule has 0 unspecified atom stereocenters. The SMILES string of the molecule is Cc1cccc(OCCn2c([C@@H]3CC(=O)N(Cc4ccccc4)C3)nc3ccccc32)c1. The number of fused-ring (bicyclic) bond motifs is 1. The second-order valence-electron chi connectivity index (χ2n) is 8.44. The number of aryl methyl sites for hydroxylation is 1. The molecule has 4 aromatic rings. The number of hydrogen-bond acceptors (Lipinski definition) is 3. The molecule has 2 heterocycles. The van der Waals surface area contributed by atoms with Crippen LogP contribution in [0.2, 0.25) is 0 Å². The maximum atomic E-state index is 12.8. The Balaban J connectivity index is 1.36. The summed E-state index contributed by atoms with van der Waals surface area (Å²) < 4.78 is 8.25. The number of hydrogen-bond donors (Lipinski definition) is 0. The van der Waals surface area contributed by atoms with Crippen molar-refractivity contribution in [1.29, 1.82) is 0 Å². The van der Waals surface area contributed by atoms with Gasteiger partial charge in [0.25, 0.3) is 0 Å². The highest BCUT2D eigenvalue weighted by molar-refractivity contribution is 5.81. The van der Waals surface area contributed by atoms with Crippen LogP contribution in [0, 0.1) is 6.92 Å². The van der Waals surface area contributed by atoms with E-state index in [1.54, 1.807) is 0 Å². The Hall–Kier alpha value is -3.60. The van der Waals surface area contributed by atoms with Gasteiger partial charge in [0, 0.05) is 25.4 Å². The van der Waals surface area contributed by atoms with Crippen molar-refractivity contribution in [1.82, 2.24) is 14.5 Å². The van der Waals surface area contributed by atoms with E-state index in [2.05, 4.69) is 35.8 Å². The van der Waals surface area contributed by atoms with E-state index in [4.69, 9.17) is 9.72 Å². The summed E-state index contributed by atoms with van der Waals surface area (Å²) in [5.74, 6) is 2.12. The number of carbonyl (C=O) groups excluding carboxylic acids is 1. The fourth-order valence-corrected chi connectivity index (χ4v) is 4.50. The zero-order valence-electron chi connectivity index (χ0n) is 18.3. The first-order valence-electron chi connectivity index (χ1n) is 11.1. The molecule has 1 aliphatic heterocycles. The molecule has 1 aliphatic rings. The number of carbonyl (C=O) groups is 1. The van der Waals surface area contributed by atoms with E-state index in [-0.39, 0.29) is 11.8 Å². The second-order valence-corrected chi connectivity index (χ2v) is 8.44. The van der Waals surface area contributed by atoms with Crippen LogP contribution in [0.15, 0.2) is 78.9 Å². The summed E-state index contributed by atoms with van der Waals surface area (Å²) >= 11 is 0. The molecule has 0 saturated carbocycles. The fourth-order valence-electron chi connectivity index (χ4n) is 4.50. The normalized spacial score (nSPS) is 16.1. The minimum Gasteiger partial charge on any atom is -0.492 e. The van der Waals surface area contributed by atoms with E-state index in [0.717, 1.165) is 28.2 Å². The summed E-state index contributed by atoms with van der Waals surface area (Å²) in [5.41, 5.74) is 4.39. The number of ether oxygens (including phenoxy) is 1. The van der Waals surface area contributed by atoms with Crippen molar-refractivity contribution in [2.24, 2.45) is 0 Å². The summed E-state index contributed by atoms with van der Waals surface area (Å²) in [5, 5.41) is 0. The summed E-state index contributed by atoms with van der Waals surface area (Å²) in [6.07, 6.45) is 0.495. The van der Waals surface area contributed by atoms with Crippen molar-refractivity contribution in [3.05, 3.63) is 95.8 Å². The summed E-state index contributed by atoms with van der Waals surface area (Å²) in [6, 6.07) is 26.4. The third-order valence-electron chi connectivity index (χ3n) is 6.05. The molecule has 0 spiro atoms. The molecule has 5 nitrogen and oxygen atoms in total. The lowest BCUT2D eigenvalue weighted by Gasteiger charge is -2.17. The van der Waals surface area contributed by atoms with E-state index in [1.807, 2.05) is 59.5 Å². The summed E-state index contributed by atoms with van der Waals surface area (Å²) in [7, 11) is 0. The molecular formula is C27H27N3O2. The van der Waals surface area contributed by atoms with Crippen molar-refractivity contribution in [3.63, 3.8) is 0 Å². The minimum atomic E-state index is 0.0811. The number of likely N-dealkylation sites (tertiary alicyclic amines) is 1. The van der Waals surface area contributed by atoms with Crippen LogP contribution in [0.25, 0.3) is 11.0 Å². The quantitative estimate of drug-likeness (QED) is 0.421. The first kappa shape index (κ1) is 20.3. The molecule has 1 amide bonds. The topological polar surface area (TPSA) is 47.4 Å². The Morgan fingerprint density at radius 3 is 2.66 bits per heavy atom. The molecule has 0 radical (unpaired) electrons. The first-order valence-corrected chi connectivity index (χ1v) is 11.1. The smallest absolute Gasteiger partial charge is 0.223 e. The average molecular weight is 426 g/mol. The van der Waals surface area contributed by atoms with E-state index < -0.39 is 0 Å². The van der Waals surface area contributed by atoms with Gasteiger partial charge in [-0.2, -0.15) is 0 Å². The van der Waals surface area contributed by atoms with Crippen LogP contribution in [0.1, 0.15) is 29.3 Å². The monoisotopic (exact) mass is 425 g/mol. The molecule has 1 saturated heterocycles. The van der Waals surface area contributed by atoms with E-state index in [9.17, 15) is 4.79 Å². The Labute approximate surface area is 188 Å². The van der Waals surface area contributed by atoms with Crippen LogP contribution in [0.5, 0.6) is 5.75 Å². The summed E-state index contributed by atoms with van der Waals surface area (Å²) in [6.45, 7) is 4.63. The van der Waals surface area contributed by atoms with E-state index in [1.165, 1.54) is 5.56 Å². The predicted molar refractivity (Wildman–Crippen MR) is 126 cm³/mol. The van der Waals surface area contributed by atoms with Crippen LogP contribution in [-0.2, 0) is 17.9 Å². The van der Waals surface area contributed by atoms with Crippen LogP contribution in [0.3, 0.4) is 0 Å². The van der Waals surface area contributed by atoms with Gasteiger partial charge in [0.2, 0.25) is 5.91 Å². The number of amides is 1. The third-order valence-corrected chi connectivity index (χ3v) is 6.05. The highest BCUT2D eigenvalue weighted by Gasteiger charge is 2.33. The van der Waals surface area contributed by atoms with Gasteiger partial charge in [0.05, 0.1) is 17.6 Å². The van der Waals surface area contributed by atoms with Gasteiger partial charge >= 0.3 is 0 Å². The molecule has 3 aromatic carbocycles.